The fourth-order valence-electron chi connectivity index (χ4n) is 10.2. The SMILES string of the molecule is CC(C)=CCN1CCCC2C3C(CCCC3C3CCCC(C3)O[C@H]3C[C@@H](C1)N(c1ncnc4c1cnn4-c1ccc(F)cc1F)C3)NN2C. The summed E-state index contributed by atoms with van der Waals surface area (Å²) in [5, 5.41) is 7.76. The van der Waals surface area contributed by atoms with Crippen molar-refractivity contribution in [2.75, 3.05) is 38.1 Å². The lowest BCUT2D eigenvalue weighted by molar-refractivity contribution is -0.0464. The molecule has 11 heteroatoms. The topological polar surface area (TPSA) is 74.6 Å². The number of fused-ring (bicyclic) bond motifs is 6. The van der Waals surface area contributed by atoms with Gasteiger partial charge in [0.1, 0.15) is 23.6 Å². The summed E-state index contributed by atoms with van der Waals surface area (Å²) in [6.07, 6.45) is 18.2. The average molecular weight is 675 g/mol. The van der Waals surface area contributed by atoms with Crippen molar-refractivity contribution in [2.45, 2.75) is 108 Å². The van der Waals surface area contributed by atoms with Gasteiger partial charge in [-0.3, -0.25) is 10.3 Å². The van der Waals surface area contributed by atoms with E-state index in [9.17, 15) is 8.78 Å². The molecule has 264 valence electrons. The molecule has 0 amide bonds. The summed E-state index contributed by atoms with van der Waals surface area (Å²) in [6, 6.07) is 4.92. The third-order valence-corrected chi connectivity index (χ3v) is 12.3. The van der Waals surface area contributed by atoms with Crippen LogP contribution in [0, 0.1) is 29.4 Å². The van der Waals surface area contributed by atoms with Gasteiger partial charge in [0.2, 0.25) is 0 Å². The minimum Gasteiger partial charge on any atom is -0.373 e. The summed E-state index contributed by atoms with van der Waals surface area (Å²) >= 11 is 0. The van der Waals surface area contributed by atoms with Crippen molar-refractivity contribution in [3.63, 3.8) is 0 Å². The molecule has 9 nitrogen and oxygen atoms in total. The number of benzene rings is 1. The number of hydrogen-bond acceptors (Lipinski definition) is 8. The van der Waals surface area contributed by atoms with Crippen LogP contribution in [-0.4, -0.2) is 93.2 Å². The van der Waals surface area contributed by atoms with Crippen LogP contribution in [0.25, 0.3) is 16.7 Å². The zero-order valence-electron chi connectivity index (χ0n) is 29.3. The van der Waals surface area contributed by atoms with E-state index in [2.05, 4.69) is 57.3 Å². The van der Waals surface area contributed by atoms with Crippen LogP contribution in [0.3, 0.4) is 0 Å². The van der Waals surface area contributed by atoms with Crippen LogP contribution in [0.2, 0.25) is 0 Å². The molecule has 0 spiro atoms. The molecule has 5 aliphatic rings. The van der Waals surface area contributed by atoms with Crippen molar-refractivity contribution in [1.29, 1.82) is 0 Å². The molecule has 0 radical (unpaired) electrons. The zero-order valence-corrected chi connectivity index (χ0v) is 29.3. The number of allylic oxidation sites excluding steroid dienone is 1. The van der Waals surface area contributed by atoms with Gasteiger partial charge in [0, 0.05) is 50.9 Å². The second-order valence-corrected chi connectivity index (χ2v) is 15.7. The fraction of sp³-hybridized carbons (Fsp3) is 0.658. The number of hydrogen-bond donors (Lipinski definition) is 1. The van der Waals surface area contributed by atoms with Crippen LogP contribution < -0.4 is 10.3 Å². The number of nitrogens with one attached hydrogen (secondary N) is 1. The van der Waals surface area contributed by atoms with E-state index in [1.54, 1.807) is 12.5 Å². The number of anilines is 1. The first kappa shape index (κ1) is 33.2. The van der Waals surface area contributed by atoms with Crippen LogP contribution in [0.5, 0.6) is 0 Å². The van der Waals surface area contributed by atoms with Gasteiger partial charge < -0.3 is 9.64 Å². The minimum atomic E-state index is -0.679. The molecule has 4 bridgehead atoms. The normalized spacial score (nSPS) is 32.9. The van der Waals surface area contributed by atoms with Crippen molar-refractivity contribution >= 4 is 16.9 Å². The van der Waals surface area contributed by atoms with Gasteiger partial charge in [0.15, 0.2) is 11.5 Å². The van der Waals surface area contributed by atoms with Crippen molar-refractivity contribution in [3.8, 4) is 5.69 Å². The Morgan fingerprint density at radius 3 is 2.73 bits per heavy atom. The van der Waals surface area contributed by atoms with Crippen LogP contribution in [0.1, 0.15) is 78.1 Å². The van der Waals surface area contributed by atoms with E-state index in [0.29, 0.717) is 17.7 Å². The highest BCUT2D eigenvalue weighted by molar-refractivity contribution is 5.88. The Morgan fingerprint density at radius 1 is 1.00 bits per heavy atom. The third kappa shape index (κ3) is 6.64. The molecule has 2 aromatic heterocycles. The summed E-state index contributed by atoms with van der Waals surface area (Å²) < 4.78 is 37.2. The Bertz CT molecular complexity index is 1660. The molecule has 5 fully saturated rings. The lowest BCUT2D eigenvalue weighted by atomic mass is 9.64. The van der Waals surface area contributed by atoms with Crippen molar-refractivity contribution < 1.29 is 13.5 Å². The van der Waals surface area contributed by atoms with Gasteiger partial charge in [-0.1, -0.05) is 24.5 Å². The molecule has 3 aliphatic heterocycles. The standard InChI is InChI=1S/C38H52F2N8O/c1-24(2)14-16-46-15-6-11-35-36-30(9-5-10-33(36)44-45(35)3)25-7-4-8-28(17-25)49-29-19-27(21-46)47(22-29)37-31-20-43-48(38(31)42-23-41-37)34-13-12-26(39)18-32(34)40/h12-14,18,20,23,25,27-30,33,35-36,44H,4-11,15-17,19,21-22H2,1-3H3/t25?,27-,28?,29-,30?,33?,35?,36?/m0/s1. The van der Waals surface area contributed by atoms with E-state index >= 15 is 0 Å². The third-order valence-electron chi connectivity index (χ3n) is 12.3. The molecular weight excluding hydrogens is 622 g/mol. The van der Waals surface area contributed by atoms with Crippen molar-refractivity contribution in [1.82, 2.24) is 35.1 Å². The maximum Gasteiger partial charge on any atom is 0.168 e. The van der Waals surface area contributed by atoms with Gasteiger partial charge >= 0.3 is 0 Å². The zero-order chi connectivity index (χ0) is 33.6. The number of rotatable bonds is 4. The number of halogens is 2. The number of nitrogens with zero attached hydrogens (tertiary/aromatic N) is 7. The van der Waals surface area contributed by atoms with Crippen LogP contribution >= 0.6 is 0 Å². The molecule has 5 heterocycles. The van der Waals surface area contributed by atoms with E-state index in [0.717, 1.165) is 80.5 Å². The van der Waals surface area contributed by atoms with E-state index < -0.39 is 11.6 Å². The summed E-state index contributed by atoms with van der Waals surface area (Å²) in [5.41, 5.74) is 5.91. The highest BCUT2D eigenvalue weighted by atomic mass is 19.1. The Morgan fingerprint density at radius 2 is 1.88 bits per heavy atom. The van der Waals surface area contributed by atoms with Crippen molar-refractivity contribution in [3.05, 3.63) is 54.0 Å². The monoisotopic (exact) mass is 674 g/mol. The largest absolute Gasteiger partial charge is 0.373 e. The average Bonchev–Trinajstić information content (AvgIpc) is 3.78. The molecule has 8 atom stereocenters. The van der Waals surface area contributed by atoms with Gasteiger partial charge in [-0.25, -0.2) is 28.4 Å². The fourth-order valence-corrected chi connectivity index (χ4v) is 10.2. The van der Waals surface area contributed by atoms with E-state index in [-0.39, 0.29) is 23.9 Å². The molecule has 6 unspecified atom stereocenters. The molecule has 3 aromatic rings. The molecule has 8 rings (SSSR count). The van der Waals surface area contributed by atoms with Gasteiger partial charge in [-0.05, 0) is 102 Å². The van der Waals surface area contributed by atoms with E-state index in [1.165, 1.54) is 67.3 Å². The maximum atomic E-state index is 14.9. The summed E-state index contributed by atoms with van der Waals surface area (Å²) in [6.45, 7) is 7.96. The van der Waals surface area contributed by atoms with Crippen LogP contribution in [-0.2, 0) is 4.74 Å². The number of aromatic nitrogens is 4. The Kier molecular flexibility index (Phi) is 9.45. The van der Waals surface area contributed by atoms with E-state index in [1.807, 2.05) is 0 Å². The molecule has 1 N–H and O–H groups in total. The molecule has 1 aromatic carbocycles. The predicted molar refractivity (Wildman–Crippen MR) is 187 cm³/mol. The highest BCUT2D eigenvalue weighted by Crippen LogP contribution is 2.47. The molecule has 49 heavy (non-hydrogen) atoms. The predicted octanol–water partition coefficient (Wildman–Crippen LogP) is 6.28. The quantitative estimate of drug-likeness (QED) is 0.325. The summed E-state index contributed by atoms with van der Waals surface area (Å²) in [7, 11) is 2.29. The Labute approximate surface area is 289 Å². The summed E-state index contributed by atoms with van der Waals surface area (Å²) in [5.74, 6) is 1.73. The van der Waals surface area contributed by atoms with Crippen LogP contribution in [0.15, 0.2) is 42.4 Å². The lowest BCUT2D eigenvalue weighted by Crippen LogP contribution is -2.44. The molecule has 3 saturated heterocycles. The van der Waals surface area contributed by atoms with E-state index in [4.69, 9.17) is 9.72 Å². The molecular formula is C38H52F2N8O. The molecule has 2 saturated carbocycles. The van der Waals surface area contributed by atoms with Crippen molar-refractivity contribution in [2.24, 2.45) is 17.8 Å². The second-order valence-electron chi connectivity index (χ2n) is 15.7. The van der Waals surface area contributed by atoms with Gasteiger partial charge in [-0.15, -0.1) is 0 Å². The van der Waals surface area contributed by atoms with Gasteiger partial charge in [0.25, 0.3) is 0 Å². The number of hydrazine groups is 1. The molecule has 2 aliphatic carbocycles. The minimum absolute atomic E-state index is 0.102. The summed E-state index contributed by atoms with van der Waals surface area (Å²) in [4.78, 5) is 14.4. The first-order chi connectivity index (χ1) is 23.8. The number of ether oxygens (including phenoxy) is 1. The Balaban J connectivity index is 1.12. The van der Waals surface area contributed by atoms with Gasteiger partial charge in [0.05, 0.1) is 23.8 Å². The highest BCUT2D eigenvalue weighted by Gasteiger charge is 2.49. The lowest BCUT2D eigenvalue weighted by Gasteiger charge is -2.43. The smallest absolute Gasteiger partial charge is 0.168 e. The van der Waals surface area contributed by atoms with Crippen LogP contribution in [0.4, 0.5) is 14.6 Å². The Hall–Kier alpha value is -2.99. The maximum absolute atomic E-state index is 14.9. The second kappa shape index (κ2) is 14.0. The first-order valence-electron chi connectivity index (χ1n) is 18.7. The first-order valence-corrected chi connectivity index (χ1v) is 18.7. The van der Waals surface area contributed by atoms with Gasteiger partial charge in [-0.2, -0.15) is 5.10 Å².